The molecular weight excluding hydrogens is 256 g/mol. The van der Waals surface area contributed by atoms with Crippen LogP contribution in [0.3, 0.4) is 0 Å². The second kappa shape index (κ2) is 13.6. The van der Waals surface area contributed by atoms with Gasteiger partial charge in [-0.25, -0.2) is 5.11 Å². The molecule has 0 fully saturated rings. The Bertz CT molecular complexity index is 204. The molecule has 0 saturated carbocycles. The van der Waals surface area contributed by atoms with Gasteiger partial charge in [0, 0.05) is 0 Å². The summed E-state index contributed by atoms with van der Waals surface area (Å²) in [5.41, 5.74) is -0.632. The lowest BCUT2D eigenvalue weighted by Gasteiger charge is -2.35. The van der Waals surface area contributed by atoms with Crippen molar-refractivity contribution in [1.82, 2.24) is 0 Å². The van der Waals surface area contributed by atoms with Crippen LogP contribution in [0.2, 0.25) is 0 Å². The highest BCUT2D eigenvalue weighted by Gasteiger charge is 2.36. The molecule has 0 amide bonds. The quantitative estimate of drug-likeness (QED) is 0.282. The SMILES string of the molecule is CCCCCCC(CCCC)C([O])(CCCC)CCCC. The molecule has 0 heterocycles. The zero-order valence-electron chi connectivity index (χ0n) is 15.4. The molecule has 0 aliphatic rings. The summed E-state index contributed by atoms with van der Waals surface area (Å²) in [6.45, 7) is 8.93. The lowest BCUT2D eigenvalue weighted by Crippen LogP contribution is -2.37. The Hall–Kier alpha value is -0.0400. The summed E-state index contributed by atoms with van der Waals surface area (Å²) in [5.74, 6) is 0.424. The van der Waals surface area contributed by atoms with Gasteiger partial charge >= 0.3 is 0 Å². The van der Waals surface area contributed by atoms with Gasteiger partial charge in [-0.1, -0.05) is 91.9 Å². The van der Waals surface area contributed by atoms with Gasteiger partial charge in [0.2, 0.25) is 0 Å². The molecule has 0 aromatic rings. The van der Waals surface area contributed by atoms with E-state index < -0.39 is 5.60 Å². The third kappa shape index (κ3) is 9.55. The second-order valence-electron chi connectivity index (χ2n) is 6.96. The van der Waals surface area contributed by atoms with Gasteiger partial charge in [-0.3, -0.25) is 0 Å². The fourth-order valence-electron chi connectivity index (χ4n) is 3.42. The Morgan fingerprint density at radius 1 is 0.619 bits per heavy atom. The maximum atomic E-state index is 13.5. The first-order chi connectivity index (χ1) is 10.1. The summed E-state index contributed by atoms with van der Waals surface area (Å²) in [7, 11) is 0. The molecule has 0 spiro atoms. The van der Waals surface area contributed by atoms with E-state index in [1.165, 1.54) is 51.4 Å². The van der Waals surface area contributed by atoms with Crippen LogP contribution in [0.4, 0.5) is 0 Å². The standard InChI is InChI=1S/C20H41O/c1-5-9-13-14-16-19(15-10-6-2)20(21,17-11-7-3)18-12-8-4/h19H,5-18H2,1-4H3. The predicted octanol–water partition coefficient (Wildman–Crippen LogP) is 7.31. The zero-order chi connectivity index (χ0) is 16.0. The number of unbranched alkanes of at least 4 members (excludes halogenated alkanes) is 6. The average Bonchev–Trinajstić information content (AvgIpc) is 2.50. The van der Waals surface area contributed by atoms with Crippen LogP contribution in [0.5, 0.6) is 0 Å². The van der Waals surface area contributed by atoms with Crippen LogP contribution in [0, 0.1) is 5.92 Å². The van der Waals surface area contributed by atoms with E-state index in [9.17, 15) is 5.11 Å². The fraction of sp³-hybridized carbons (Fsp3) is 1.00. The maximum absolute atomic E-state index is 13.5. The molecule has 0 saturated heterocycles. The molecule has 127 valence electrons. The molecule has 0 aliphatic carbocycles. The van der Waals surface area contributed by atoms with E-state index in [1.54, 1.807) is 0 Å². The van der Waals surface area contributed by atoms with E-state index in [1.807, 2.05) is 0 Å². The predicted molar refractivity (Wildman–Crippen MR) is 94.2 cm³/mol. The summed E-state index contributed by atoms with van der Waals surface area (Å²) in [4.78, 5) is 0. The van der Waals surface area contributed by atoms with Crippen molar-refractivity contribution in [1.29, 1.82) is 0 Å². The Balaban J connectivity index is 4.62. The van der Waals surface area contributed by atoms with E-state index in [0.29, 0.717) is 5.92 Å². The van der Waals surface area contributed by atoms with Gasteiger partial charge in [-0.2, -0.15) is 0 Å². The summed E-state index contributed by atoms with van der Waals surface area (Å²) < 4.78 is 0. The van der Waals surface area contributed by atoms with Gasteiger partial charge in [0.15, 0.2) is 0 Å². The lowest BCUT2D eigenvalue weighted by molar-refractivity contribution is -0.0993. The fourth-order valence-corrected chi connectivity index (χ4v) is 3.42. The van der Waals surface area contributed by atoms with Crippen LogP contribution in [-0.2, 0) is 5.11 Å². The zero-order valence-corrected chi connectivity index (χ0v) is 15.4. The summed E-state index contributed by atoms with van der Waals surface area (Å²) in [6.07, 6.45) is 16.4. The van der Waals surface area contributed by atoms with Crippen molar-refractivity contribution in [2.45, 2.75) is 123 Å². The van der Waals surface area contributed by atoms with Gasteiger partial charge in [0.05, 0.1) is 0 Å². The van der Waals surface area contributed by atoms with Gasteiger partial charge in [-0.05, 0) is 31.6 Å². The third-order valence-electron chi connectivity index (χ3n) is 4.96. The number of hydrogen-bond acceptors (Lipinski definition) is 0. The smallest absolute Gasteiger partial charge is 0.106 e. The van der Waals surface area contributed by atoms with Crippen LogP contribution in [0.25, 0.3) is 0 Å². The molecular formula is C20H41O. The number of hydrogen-bond donors (Lipinski definition) is 0. The Labute approximate surface area is 134 Å². The number of rotatable bonds is 15. The van der Waals surface area contributed by atoms with Gasteiger partial charge in [0.1, 0.15) is 5.60 Å². The highest BCUT2D eigenvalue weighted by atomic mass is 16.3. The highest BCUT2D eigenvalue weighted by Crippen LogP contribution is 2.37. The van der Waals surface area contributed by atoms with Crippen LogP contribution < -0.4 is 0 Å². The Kier molecular flexibility index (Phi) is 13.6. The van der Waals surface area contributed by atoms with Crippen molar-refractivity contribution in [3.63, 3.8) is 0 Å². The van der Waals surface area contributed by atoms with E-state index in [-0.39, 0.29) is 0 Å². The molecule has 1 nitrogen and oxygen atoms in total. The van der Waals surface area contributed by atoms with E-state index in [2.05, 4.69) is 27.7 Å². The molecule has 0 rings (SSSR count). The summed E-state index contributed by atoms with van der Waals surface area (Å²) >= 11 is 0. The minimum atomic E-state index is -0.632. The molecule has 1 heteroatoms. The minimum Gasteiger partial charge on any atom is -0.229 e. The summed E-state index contributed by atoms with van der Waals surface area (Å²) in [5, 5.41) is 13.5. The van der Waals surface area contributed by atoms with Crippen LogP contribution in [0.15, 0.2) is 0 Å². The average molecular weight is 298 g/mol. The minimum absolute atomic E-state index is 0.424. The van der Waals surface area contributed by atoms with Crippen molar-refractivity contribution < 1.29 is 5.11 Å². The van der Waals surface area contributed by atoms with Gasteiger partial charge in [-0.15, -0.1) is 0 Å². The highest BCUT2D eigenvalue weighted by molar-refractivity contribution is 4.86. The monoisotopic (exact) mass is 297 g/mol. The van der Waals surface area contributed by atoms with Crippen molar-refractivity contribution in [3.8, 4) is 0 Å². The van der Waals surface area contributed by atoms with E-state index in [4.69, 9.17) is 0 Å². The molecule has 0 bridgehead atoms. The second-order valence-corrected chi connectivity index (χ2v) is 6.96. The van der Waals surface area contributed by atoms with Crippen molar-refractivity contribution >= 4 is 0 Å². The lowest BCUT2D eigenvalue weighted by atomic mass is 9.74. The van der Waals surface area contributed by atoms with Crippen molar-refractivity contribution in [2.24, 2.45) is 5.92 Å². The van der Waals surface area contributed by atoms with Gasteiger partial charge < -0.3 is 0 Å². The topological polar surface area (TPSA) is 19.9 Å². The first kappa shape index (κ1) is 21.0. The maximum Gasteiger partial charge on any atom is 0.106 e. The molecule has 1 unspecified atom stereocenters. The van der Waals surface area contributed by atoms with E-state index in [0.717, 1.165) is 38.5 Å². The van der Waals surface area contributed by atoms with Crippen LogP contribution in [-0.4, -0.2) is 5.60 Å². The Morgan fingerprint density at radius 2 is 1.10 bits per heavy atom. The molecule has 1 radical (unpaired) electrons. The van der Waals surface area contributed by atoms with Crippen molar-refractivity contribution in [2.75, 3.05) is 0 Å². The molecule has 0 aliphatic heterocycles. The Morgan fingerprint density at radius 3 is 1.57 bits per heavy atom. The molecule has 0 aromatic heterocycles. The third-order valence-corrected chi connectivity index (χ3v) is 4.96. The molecule has 1 atom stereocenters. The first-order valence-corrected chi connectivity index (χ1v) is 9.84. The summed E-state index contributed by atoms with van der Waals surface area (Å²) in [6, 6.07) is 0. The van der Waals surface area contributed by atoms with E-state index >= 15 is 0 Å². The molecule has 0 N–H and O–H groups in total. The van der Waals surface area contributed by atoms with Crippen LogP contribution in [0.1, 0.15) is 118 Å². The molecule has 21 heavy (non-hydrogen) atoms. The molecule has 0 aromatic carbocycles. The van der Waals surface area contributed by atoms with Gasteiger partial charge in [0.25, 0.3) is 0 Å². The first-order valence-electron chi connectivity index (χ1n) is 9.84. The normalized spacial score (nSPS) is 13.6. The van der Waals surface area contributed by atoms with Crippen LogP contribution >= 0.6 is 0 Å². The van der Waals surface area contributed by atoms with Crippen molar-refractivity contribution in [3.05, 3.63) is 0 Å². The largest absolute Gasteiger partial charge is 0.229 e.